The molecule has 1 saturated carbocycles. The van der Waals surface area contributed by atoms with Crippen LogP contribution in [0, 0.1) is 5.92 Å². The van der Waals surface area contributed by atoms with Crippen LogP contribution in [0.25, 0.3) is 0 Å². The summed E-state index contributed by atoms with van der Waals surface area (Å²) in [5.41, 5.74) is 6.39. The number of hydrogen-bond donors (Lipinski definition) is 2. The van der Waals surface area contributed by atoms with Gasteiger partial charge in [-0.15, -0.1) is 0 Å². The maximum atomic E-state index is 12.4. The SMILES string of the molecule is CC1CCCCC1NS(=O)(=O)c1cccc(CN)c1. The molecule has 1 aliphatic carbocycles. The van der Waals surface area contributed by atoms with E-state index in [4.69, 9.17) is 5.73 Å². The van der Waals surface area contributed by atoms with Crippen LogP contribution < -0.4 is 10.5 Å². The van der Waals surface area contributed by atoms with Crippen LogP contribution in [0.3, 0.4) is 0 Å². The molecule has 0 spiro atoms. The molecule has 0 saturated heterocycles. The summed E-state index contributed by atoms with van der Waals surface area (Å²) in [7, 11) is -3.43. The van der Waals surface area contributed by atoms with Crippen molar-refractivity contribution in [2.24, 2.45) is 11.7 Å². The van der Waals surface area contributed by atoms with E-state index in [9.17, 15) is 8.42 Å². The third kappa shape index (κ3) is 3.55. The second kappa shape index (κ2) is 6.03. The highest BCUT2D eigenvalue weighted by Crippen LogP contribution is 2.25. The van der Waals surface area contributed by atoms with E-state index < -0.39 is 10.0 Å². The molecule has 1 fully saturated rings. The van der Waals surface area contributed by atoms with Crippen molar-refractivity contribution in [3.05, 3.63) is 29.8 Å². The molecule has 0 radical (unpaired) electrons. The van der Waals surface area contributed by atoms with Gasteiger partial charge in [0.1, 0.15) is 0 Å². The molecule has 19 heavy (non-hydrogen) atoms. The Morgan fingerprint density at radius 3 is 2.74 bits per heavy atom. The van der Waals surface area contributed by atoms with Crippen molar-refractivity contribution in [2.45, 2.75) is 50.1 Å². The summed E-state index contributed by atoms with van der Waals surface area (Å²) >= 11 is 0. The maximum absolute atomic E-state index is 12.4. The van der Waals surface area contributed by atoms with Crippen molar-refractivity contribution in [3.8, 4) is 0 Å². The van der Waals surface area contributed by atoms with Gasteiger partial charge in [0.2, 0.25) is 10.0 Å². The standard InChI is InChI=1S/C14H22N2O2S/c1-11-5-2-3-8-14(11)16-19(17,18)13-7-4-6-12(9-13)10-15/h4,6-7,9,11,14,16H,2-3,5,8,10,15H2,1H3. The Morgan fingerprint density at radius 2 is 2.05 bits per heavy atom. The summed E-state index contributed by atoms with van der Waals surface area (Å²) in [4.78, 5) is 0.313. The van der Waals surface area contributed by atoms with E-state index in [0.717, 1.165) is 24.8 Å². The quantitative estimate of drug-likeness (QED) is 0.887. The largest absolute Gasteiger partial charge is 0.326 e. The van der Waals surface area contributed by atoms with Crippen molar-refractivity contribution in [1.82, 2.24) is 4.72 Å². The number of nitrogens with one attached hydrogen (secondary N) is 1. The summed E-state index contributed by atoms with van der Waals surface area (Å²) < 4.78 is 27.6. The smallest absolute Gasteiger partial charge is 0.240 e. The van der Waals surface area contributed by atoms with Crippen LogP contribution in [0.2, 0.25) is 0 Å². The lowest BCUT2D eigenvalue weighted by Gasteiger charge is -2.29. The number of hydrogen-bond acceptors (Lipinski definition) is 3. The van der Waals surface area contributed by atoms with E-state index >= 15 is 0 Å². The molecule has 0 bridgehead atoms. The Labute approximate surface area is 115 Å². The lowest BCUT2D eigenvalue weighted by Crippen LogP contribution is -2.41. The minimum Gasteiger partial charge on any atom is -0.326 e. The fraction of sp³-hybridized carbons (Fsp3) is 0.571. The van der Waals surface area contributed by atoms with Gasteiger partial charge >= 0.3 is 0 Å². The van der Waals surface area contributed by atoms with E-state index in [1.807, 2.05) is 6.07 Å². The molecule has 1 aromatic rings. The highest BCUT2D eigenvalue weighted by Gasteiger charge is 2.26. The van der Waals surface area contributed by atoms with Crippen LogP contribution in [-0.4, -0.2) is 14.5 Å². The van der Waals surface area contributed by atoms with Crippen LogP contribution >= 0.6 is 0 Å². The van der Waals surface area contributed by atoms with E-state index in [1.54, 1.807) is 18.2 Å². The van der Waals surface area contributed by atoms with Crippen molar-refractivity contribution in [1.29, 1.82) is 0 Å². The molecule has 0 heterocycles. The van der Waals surface area contributed by atoms with E-state index in [-0.39, 0.29) is 6.04 Å². The summed E-state index contributed by atoms with van der Waals surface area (Å²) in [5.74, 6) is 0.404. The predicted molar refractivity (Wildman–Crippen MR) is 76.1 cm³/mol. The lowest BCUT2D eigenvalue weighted by atomic mass is 9.87. The summed E-state index contributed by atoms with van der Waals surface area (Å²) in [6, 6.07) is 6.90. The van der Waals surface area contributed by atoms with Crippen LogP contribution in [0.15, 0.2) is 29.2 Å². The first-order valence-corrected chi connectivity index (χ1v) is 8.32. The van der Waals surface area contributed by atoms with Gasteiger partial charge in [-0.2, -0.15) is 0 Å². The number of nitrogens with two attached hydrogens (primary N) is 1. The molecule has 1 aliphatic rings. The Balaban J connectivity index is 2.17. The monoisotopic (exact) mass is 282 g/mol. The molecule has 0 amide bonds. The first kappa shape index (κ1) is 14.5. The van der Waals surface area contributed by atoms with Gasteiger partial charge in [-0.1, -0.05) is 31.9 Å². The molecular formula is C14H22N2O2S. The average molecular weight is 282 g/mol. The third-order valence-electron chi connectivity index (χ3n) is 3.86. The molecule has 0 aromatic heterocycles. The molecule has 2 rings (SSSR count). The zero-order chi connectivity index (χ0) is 13.9. The third-order valence-corrected chi connectivity index (χ3v) is 5.35. The van der Waals surface area contributed by atoms with Crippen molar-refractivity contribution in [3.63, 3.8) is 0 Å². The second-order valence-corrected chi connectivity index (χ2v) is 7.06. The molecule has 2 atom stereocenters. The molecule has 1 aromatic carbocycles. The Morgan fingerprint density at radius 1 is 1.32 bits per heavy atom. The molecule has 106 valence electrons. The van der Waals surface area contributed by atoms with Gasteiger partial charge in [-0.3, -0.25) is 0 Å². The molecule has 3 N–H and O–H groups in total. The minimum atomic E-state index is -3.43. The molecule has 4 nitrogen and oxygen atoms in total. The highest BCUT2D eigenvalue weighted by atomic mass is 32.2. The minimum absolute atomic E-state index is 0.0558. The summed E-state index contributed by atoms with van der Waals surface area (Å²) in [6.07, 6.45) is 4.31. The number of benzene rings is 1. The van der Waals surface area contributed by atoms with Crippen LogP contribution in [0.1, 0.15) is 38.2 Å². The van der Waals surface area contributed by atoms with Gasteiger partial charge in [0.05, 0.1) is 4.90 Å². The topological polar surface area (TPSA) is 72.2 Å². The zero-order valence-corrected chi connectivity index (χ0v) is 12.1. The first-order valence-electron chi connectivity index (χ1n) is 6.84. The maximum Gasteiger partial charge on any atom is 0.240 e. The summed E-state index contributed by atoms with van der Waals surface area (Å²) in [5, 5.41) is 0. The van der Waals surface area contributed by atoms with Crippen molar-refractivity contribution < 1.29 is 8.42 Å². The van der Waals surface area contributed by atoms with E-state index in [0.29, 0.717) is 17.4 Å². The summed E-state index contributed by atoms with van der Waals surface area (Å²) in [6.45, 7) is 2.46. The fourth-order valence-electron chi connectivity index (χ4n) is 2.60. The normalized spacial score (nSPS) is 24.3. The Bertz CT molecular complexity index is 528. The fourth-order valence-corrected chi connectivity index (χ4v) is 4.05. The van der Waals surface area contributed by atoms with Gasteiger partial charge in [0, 0.05) is 12.6 Å². The average Bonchev–Trinajstić information content (AvgIpc) is 2.41. The van der Waals surface area contributed by atoms with Crippen molar-refractivity contribution in [2.75, 3.05) is 0 Å². The number of rotatable bonds is 4. The van der Waals surface area contributed by atoms with Crippen LogP contribution in [0.4, 0.5) is 0 Å². The first-order chi connectivity index (χ1) is 9.03. The van der Waals surface area contributed by atoms with E-state index in [1.165, 1.54) is 6.42 Å². The molecule has 0 aliphatic heterocycles. The van der Waals surface area contributed by atoms with Gasteiger partial charge in [0.25, 0.3) is 0 Å². The molecular weight excluding hydrogens is 260 g/mol. The second-order valence-electron chi connectivity index (χ2n) is 5.34. The van der Waals surface area contributed by atoms with E-state index in [2.05, 4.69) is 11.6 Å². The lowest BCUT2D eigenvalue weighted by molar-refractivity contribution is 0.310. The van der Waals surface area contributed by atoms with Crippen LogP contribution in [-0.2, 0) is 16.6 Å². The van der Waals surface area contributed by atoms with Crippen LogP contribution in [0.5, 0.6) is 0 Å². The van der Waals surface area contributed by atoms with Gasteiger partial charge in [-0.25, -0.2) is 13.1 Å². The zero-order valence-electron chi connectivity index (χ0n) is 11.3. The van der Waals surface area contributed by atoms with Gasteiger partial charge in [0.15, 0.2) is 0 Å². The molecule has 5 heteroatoms. The number of sulfonamides is 1. The van der Waals surface area contributed by atoms with Gasteiger partial charge in [-0.05, 0) is 36.5 Å². The predicted octanol–water partition coefficient (Wildman–Crippen LogP) is 2.00. The Hall–Kier alpha value is -0.910. The van der Waals surface area contributed by atoms with Gasteiger partial charge < -0.3 is 5.73 Å². The van der Waals surface area contributed by atoms with Crippen molar-refractivity contribution >= 4 is 10.0 Å². The molecule has 2 unspecified atom stereocenters. The highest BCUT2D eigenvalue weighted by molar-refractivity contribution is 7.89. The Kier molecular flexibility index (Phi) is 4.60.